The Balaban J connectivity index is 1.56. The van der Waals surface area contributed by atoms with Gasteiger partial charge in [0.25, 0.3) is 5.22 Å². The van der Waals surface area contributed by atoms with E-state index in [0.29, 0.717) is 34.5 Å². The van der Waals surface area contributed by atoms with Gasteiger partial charge in [-0.3, -0.25) is 4.79 Å². The van der Waals surface area contributed by atoms with E-state index in [9.17, 15) is 13.2 Å². The van der Waals surface area contributed by atoms with Crippen molar-refractivity contribution in [3.8, 4) is 0 Å². The first-order valence-corrected chi connectivity index (χ1v) is 11.6. The molecule has 2 atom stereocenters. The van der Waals surface area contributed by atoms with E-state index in [0.717, 1.165) is 11.8 Å². The van der Waals surface area contributed by atoms with Crippen LogP contribution in [0.25, 0.3) is 0 Å². The number of hydrogen-bond donors (Lipinski definition) is 1. The molecule has 1 aromatic heterocycles. The second-order valence-electron chi connectivity index (χ2n) is 6.31. The lowest BCUT2D eigenvalue weighted by Gasteiger charge is -2.11. The molecule has 1 fully saturated rings. The Morgan fingerprint density at radius 3 is 2.89 bits per heavy atom. The van der Waals surface area contributed by atoms with Crippen molar-refractivity contribution in [1.29, 1.82) is 0 Å². The van der Waals surface area contributed by atoms with Crippen LogP contribution in [0, 0.1) is 5.92 Å². The van der Waals surface area contributed by atoms with Crippen molar-refractivity contribution in [3.63, 3.8) is 0 Å². The van der Waals surface area contributed by atoms with E-state index in [1.54, 1.807) is 25.1 Å². The van der Waals surface area contributed by atoms with E-state index in [4.69, 9.17) is 27.6 Å². The number of nitrogens with one attached hydrogen (secondary N) is 1. The predicted octanol–water partition coefficient (Wildman–Crippen LogP) is 3.47. The van der Waals surface area contributed by atoms with Gasteiger partial charge in [0.15, 0.2) is 9.84 Å². The van der Waals surface area contributed by atoms with Crippen molar-refractivity contribution in [2.24, 2.45) is 5.92 Å². The van der Waals surface area contributed by atoms with Gasteiger partial charge in [-0.15, -0.1) is 10.2 Å². The summed E-state index contributed by atoms with van der Waals surface area (Å²) >= 11 is 13.1. The maximum absolute atomic E-state index is 12.3. The molecule has 0 aliphatic carbocycles. The van der Waals surface area contributed by atoms with Crippen LogP contribution in [0.4, 0.5) is 5.69 Å². The van der Waals surface area contributed by atoms with Crippen LogP contribution in [-0.2, 0) is 21.1 Å². The van der Waals surface area contributed by atoms with E-state index >= 15 is 0 Å². The minimum absolute atomic E-state index is 0.000932. The first-order chi connectivity index (χ1) is 12.7. The van der Waals surface area contributed by atoms with Crippen LogP contribution in [0.1, 0.15) is 19.2 Å². The minimum Gasteiger partial charge on any atom is -0.416 e. The average Bonchev–Trinajstić information content (AvgIpc) is 3.17. The van der Waals surface area contributed by atoms with Gasteiger partial charge in [0.05, 0.1) is 27.5 Å². The third-order valence-electron chi connectivity index (χ3n) is 4.07. The molecule has 0 bridgehead atoms. The second kappa shape index (κ2) is 8.38. The van der Waals surface area contributed by atoms with E-state index in [1.165, 1.54) is 0 Å². The Morgan fingerprint density at radius 2 is 2.19 bits per heavy atom. The van der Waals surface area contributed by atoms with Gasteiger partial charge in [0.2, 0.25) is 11.8 Å². The van der Waals surface area contributed by atoms with Gasteiger partial charge in [0, 0.05) is 11.4 Å². The summed E-state index contributed by atoms with van der Waals surface area (Å²) in [6.07, 6.45) is 1.03. The van der Waals surface area contributed by atoms with Crippen LogP contribution in [0.15, 0.2) is 27.8 Å². The number of hydrogen-bond acceptors (Lipinski definition) is 7. The lowest BCUT2D eigenvalue weighted by atomic mass is 10.1. The number of anilines is 1. The molecule has 27 heavy (non-hydrogen) atoms. The molecular weight excluding hydrogens is 433 g/mol. The topological polar surface area (TPSA) is 102 Å². The van der Waals surface area contributed by atoms with E-state index in [2.05, 4.69) is 15.5 Å². The van der Waals surface area contributed by atoms with Crippen LogP contribution in [0.3, 0.4) is 0 Å². The van der Waals surface area contributed by atoms with E-state index in [-0.39, 0.29) is 28.6 Å². The van der Waals surface area contributed by atoms with Crippen molar-refractivity contribution in [3.05, 3.63) is 34.1 Å². The fraction of sp³-hybridized carbons (Fsp3) is 0.438. The summed E-state index contributed by atoms with van der Waals surface area (Å²) in [4.78, 5) is 12.3. The van der Waals surface area contributed by atoms with Crippen LogP contribution >= 0.6 is 35.0 Å². The van der Waals surface area contributed by atoms with Crippen molar-refractivity contribution < 1.29 is 17.6 Å². The first-order valence-electron chi connectivity index (χ1n) is 8.17. The molecule has 2 heterocycles. The Hall–Kier alpha value is -1.29. The smallest absolute Gasteiger partial charge is 0.277 e. The third-order valence-corrected chi connectivity index (χ3v) is 7.41. The highest BCUT2D eigenvalue weighted by Gasteiger charge is 2.29. The number of sulfone groups is 1. The van der Waals surface area contributed by atoms with Crippen LogP contribution < -0.4 is 5.32 Å². The fourth-order valence-corrected chi connectivity index (χ4v) is 5.58. The van der Waals surface area contributed by atoms with Gasteiger partial charge in [0.1, 0.15) is 0 Å². The van der Waals surface area contributed by atoms with Crippen molar-refractivity contribution in [1.82, 2.24) is 10.2 Å². The van der Waals surface area contributed by atoms with Gasteiger partial charge < -0.3 is 9.73 Å². The quantitative estimate of drug-likeness (QED) is 0.673. The van der Waals surface area contributed by atoms with Gasteiger partial charge in [-0.05, 0) is 37.5 Å². The molecule has 1 aromatic carbocycles. The Bertz CT molecular complexity index is 949. The summed E-state index contributed by atoms with van der Waals surface area (Å²) in [7, 11) is -2.94. The third kappa shape index (κ3) is 5.60. The molecule has 146 valence electrons. The van der Waals surface area contributed by atoms with Crippen LogP contribution in [-0.4, -0.2) is 41.3 Å². The van der Waals surface area contributed by atoms with Gasteiger partial charge in [-0.1, -0.05) is 35.0 Å². The lowest BCUT2D eigenvalue weighted by molar-refractivity contribution is -0.115. The molecule has 7 nitrogen and oxygen atoms in total. The number of halogens is 2. The average molecular weight is 450 g/mol. The van der Waals surface area contributed by atoms with Gasteiger partial charge >= 0.3 is 0 Å². The largest absolute Gasteiger partial charge is 0.416 e. The number of nitrogens with zero attached hydrogens (tertiary/aromatic N) is 2. The molecule has 1 saturated heterocycles. The summed E-state index contributed by atoms with van der Waals surface area (Å²) in [5.41, 5.74) is 0.426. The minimum atomic E-state index is -2.94. The van der Waals surface area contributed by atoms with E-state index < -0.39 is 15.1 Å². The number of benzene rings is 1. The van der Waals surface area contributed by atoms with Gasteiger partial charge in [-0.25, -0.2) is 8.42 Å². The zero-order valence-corrected chi connectivity index (χ0v) is 17.5. The molecule has 1 N–H and O–H groups in total. The number of aromatic nitrogens is 2. The monoisotopic (exact) mass is 449 g/mol. The first kappa shape index (κ1) is 20.4. The summed E-state index contributed by atoms with van der Waals surface area (Å²) in [5, 5.41) is 11.2. The van der Waals surface area contributed by atoms with Crippen LogP contribution in [0.5, 0.6) is 0 Å². The standard InChI is InChI=1S/C16H17Cl2N3O4S2/c1-9(15(22)19-13-7-11(17)2-3-12(13)18)26-16-21-20-14(25-16)6-10-4-5-27(23,24)8-10/h2-3,7,9-10H,4-6,8H2,1H3,(H,19,22)/t9-,10-/m0/s1. The highest BCUT2D eigenvalue weighted by Crippen LogP contribution is 2.29. The molecule has 3 rings (SSSR count). The molecular formula is C16H17Cl2N3O4S2. The highest BCUT2D eigenvalue weighted by molar-refractivity contribution is 8.00. The SMILES string of the molecule is C[C@H](Sc1nnc(C[C@@H]2CCS(=O)(=O)C2)o1)C(=O)Nc1cc(Cl)ccc1Cl. The predicted molar refractivity (Wildman–Crippen MR) is 105 cm³/mol. The number of amides is 1. The lowest BCUT2D eigenvalue weighted by Crippen LogP contribution is -2.22. The number of thioether (sulfide) groups is 1. The van der Waals surface area contributed by atoms with E-state index in [1.807, 2.05) is 0 Å². The zero-order chi connectivity index (χ0) is 19.6. The van der Waals surface area contributed by atoms with Crippen LogP contribution in [0.2, 0.25) is 10.0 Å². The van der Waals surface area contributed by atoms with Crippen molar-refractivity contribution in [2.75, 3.05) is 16.8 Å². The Labute approximate surface area is 171 Å². The maximum atomic E-state index is 12.3. The van der Waals surface area contributed by atoms with Crippen molar-refractivity contribution >= 4 is 56.4 Å². The highest BCUT2D eigenvalue weighted by atomic mass is 35.5. The molecule has 11 heteroatoms. The molecule has 2 aromatic rings. The summed E-state index contributed by atoms with van der Waals surface area (Å²) in [5.74, 6) is 0.447. The Morgan fingerprint density at radius 1 is 1.41 bits per heavy atom. The maximum Gasteiger partial charge on any atom is 0.277 e. The summed E-state index contributed by atoms with van der Waals surface area (Å²) in [6.45, 7) is 1.70. The zero-order valence-electron chi connectivity index (χ0n) is 14.3. The van der Waals surface area contributed by atoms with Crippen molar-refractivity contribution in [2.45, 2.75) is 30.2 Å². The Kier molecular flexibility index (Phi) is 6.35. The normalized spacial score (nSPS) is 19.7. The van der Waals surface area contributed by atoms with Gasteiger partial charge in [-0.2, -0.15) is 0 Å². The molecule has 0 unspecified atom stereocenters. The molecule has 1 amide bonds. The summed E-state index contributed by atoms with van der Waals surface area (Å²) < 4.78 is 28.6. The molecule has 0 saturated carbocycles. The number of carbonyl (C=O) groups excluding carboxylic acids is 1. The molecule has 0 radical (unpaired) electrons. The fourth-order valence-electron chi connectivity index (χ4n) is 2.68. The number of carbonyl (C=O) groups is 1. The summed E-state index contributed by atoms with van der Waals surface area (Å²) in [6, 6.07) is 4.80. The second-order valence-corrected chi connectivity index (χ2v) is 10.7. The molecule has 0 spiro atoms. The molecule has 1 aliphatic rings. The number of rotatable bonds is 6. The molecule has 1 aliphatic heterocycles.